The Morgan fingerprint density at radius 3 is 2.69 bits per heavy atom. The number of rotatable bonds is 10. The van der Waals surface area contributed by atoms with E-state index in [1.54, 1.807) is 48.3 Å². The molecule has 2 aromatic heterocycles. The molecule has 0 spiro atoms. The van der Waals surface area contributed by atoms with Crippen molar-refractivity contribution in [1.82, 2.24) is 15.0 Å². The average Bonchev–Trinajstić information content (AvgIpc) is 3.54. The number of fused-ring (bicyclic) bond motifs is 3. The number of hydrogen-bond acceptors (Lipinski definition) is 9. The van der Waals surface area contributed by atoms with Crippen LogP contribution in [0.5, 0.6) is 17.2 Å². The number of aromatic nitrogens is 2. The Morgan fingerprint density at radius 1 is 1.15 bits per heavy atom. The second kappa shape index (κ2) is 11.9. The van der Waals surface area contributed by atoms with Crippen molar-refractivity contribution in [3.05, 3.63) is 68.8 Å². The molecule has 0 radical (unpaired) electrons. The summed E-state index contributed by atoms with van der Waals surface area (Å²) in [5.74, 6) is 1.60. The number of carbonyl (C=O) groups excluding carboxylic acids is 1. The van der Waals surface area contributed by atoms with Crippen LogP contribution in [-0.2, 0) is 17.6 Å². The van der Waals surface area contributed by atoms with Gasteiger partial charge in [0.2, 0.25) is 0 Å². The molecule has 0 aliphatic heterocycles. The molecule has 0 bridgehead atoms. The Kier molecular flexibility index (Phi) is 8.18. The number of hydrogen-bond donors (Lipinski definition) is 1. The van der Waals surface area contributed by atoms with E-state index in [-0.39, 0.29) is 17.2 Å². The second-order valence-corrected chi connectivity index (χ2v) is 10.7. The van der Waals surface area contributed by atoms with E-state index in [1.807, 2.05) is 31.2 Å². The quantitative estimate of drug-likeness (QED) is 0.130. The van der Waals surface area contributed by atoms with Gasteiger partial charge in [0.05, 0.1) is 43.9 Å². The number of aryl methyl sites for hydroxylation is 2. The summed E-state index contributed by atoms with van der Waals surface area (Å²) in [7, 11) is 3.12. The molecular weight excluding hydrogens is 536 g/mol. The Hall–Kier alpha value is -3.83. The highest BCUT2D eigenvalue weighted by atomic mass is 32.2. The summed E-state index contributed by atoms with van der Waals surface area (Å²) in [5, 5.41) is 5.20. The number of nitrogens with zero attached hydrogens (tertiary/aromatic N) is 3. The summed E-state index contributed by atoms with van der Waals surface area (Å²) in [4.78, 5) is 33.2. The Labute approximate surface area is 233 Å². The van der Waals surface area contributed by atoms with Gasteiger partial charge in [-0.3, -0.25) is 14.2 Å². The highest BCUT2D eigenvalue weighted by Crippen LogP contribution is 2.36. The number of benzene rings is 2. The van der Waals surface area contributed by atoms with Crippen LogP contribution < -0.4 is 25.2 Å². The minimum atomic E-state index is -0.321. The van der Waals surface area contributed by atoms with Gasteiger partial charge in [0.25, 0.3) is 11.5 Å². The molecule has 2 aromatic carbocycles. The van der Waals surface area contributed by atoms with Crippen molar-refractivity contribution in [1.29, 1.82) is 0 Å². The van der Waals surface area contributed by atoms with E-state index in [2.05, 4.69) is 10.5 Å². The maximum atomic E-state index is 13.8. The molecule has 202 valence electrons. The fourth-order valence-corrected chi connectivity index (χ4v) is 6.59. The fourth-order valence-electron chi connectivity index (χ4n) is 4.48. The van der Waals surface area contributed by atoms with Crippen molar-refractivity contribution < 1.29 is 19.0 Å². The summed E-state index contributed by atoms with van der Waals surface area (Å²) < 4.78 is 17.7. The topological polar surface area (TPSA) is 104 Å². The standard InChI is InChI=1S/C28H28N4O5S2/c1-4-37-19-11-9-18(10-12-19)32-27(34)25-20-6-5-7-23(20)39-26(25)30-28(32)38-16-24(33)31-29-15-17-8-13-21(35-2)22(14-17)36-3/h8-15H,4-7,16H2,1-3H3,(H,31,33). The second-order valence-electron chi connectivity index (χ2n) is 8.70. The Bertz CT molecular complexity index is 1590. The molecule has 4 aromatic rings. The molecule has 2 heterocycles. The first-order chi connectivity index (χ1) is 19.0. The van der Waals surface area contributed by atoms with E-state index in [0.29, 0.717) is 34.3 Å². The van der Waals surface area contributed by atoms with Crippen LogP contribution in [0.1, 0.15) is 29.3 Å². The Balaban J connectivity index is 1.37. The van der Waals surface area contributed by atoms with Gasteiger partial charge in [0.1, 0.15) is 10.6 Å². The van der Waals surface area contributed by atoms with Gasteiger partial charge in [-0.05, 0) is 79.8 Å². The highest BCUT2D eigenvalue weighted by Gasteiger charge is 2.24. The van der Waals surface area contributed by atoms with Gasteiger partial charge in [-0.25, -0.2) is 10.4 Å². The molecule has 0 saturated heterocycles. The van der Waals surface area contributed by atoms with Crippen molar-refractivity contribution >= 4 is 45.4 Å². The maximum Gasteiger partial charge on any atom is 0.267 e. The fraction of sp³-hybridized carbons (Fsp3) is 0.286. The minimum absolute atomic E-state index is 0.0311. The summed E-state index contributed by atoms with van der Waals surface area (Å²) in [6.07, 6.45) is 4.45. The first-order valence-corrected chi connectivity index (χ1v) is 14.3. The minimum Gasteiger partial charge on any atom is -0.494 e. The van der Waals surface area contributed by atoms with E-state index in [9.17, 15) is 9.59 Å². The number of thioether (sulfide) groups is 1. The largest absolute Gasteiger partial charge is 0.494 e. The van der Waals surface area contributed by atoms with Crippen LogP contribution in [0.15, 0.2) is 57.5 Å². The smallest absolute Gasteiger partial charge is 0.267 e. The van der Waals surface area contributed by atoms with Gasteiger partial charge < -0.3 is 14.2 Å². The normalized spacial score (nSPS) is 12.6. The lowest BCUT2D eigenvalue weighted by Gasteiger charge is -2.13. The van der Waals surface area contributed by atoms with E-state index < -0.39 is 0 Å². The van der Waals surface area contributed by atoms with Crippen molar-refractivity contribution in [3.63, 3.8) is 0 Å². The molecule has 11 heteroatoms. The van der Waals surface area contributed by atoms with Gasteiger partial charge in [-0.2, -0.15) is 5.10 Å². The average molecular weight is 565 g/mol. The zero-order valence-corrected chi connectivity index (χ0v) is 23.5. The van der Waals surface area contributed by atoms with Crippen LogP contribution in [-0.4, -0.2) is 48.3 Å². The molecule has 0 saturated carbocycles. The SMILES string of the molecule is CCOc1ccc(-n2c(SCC(=O)NN=Cc3ccc(OC)c(OC)c3)nc3sc4c(c3c2=O)CCC4)cc1. The van der Waals surface area contributed by atoms with Crippen LogP contribution in [0.25, 0.3) is 15.9 Å². The molecular formula is C28H28N4O5S2. The number of nitrogens with one attached hydrogen (secondary N) is 1. The Morgan fingerprint density at radius 2 is 1.95 bits per heavy atom. The molecule has 9 nitrogen and oxygen atoms in total. The summed E-state index contributed by atoms with van der Waals surface area (Å²) in [5.41, 5.74) is 4.95. The lowest BCUT2D eigenvalue weighted by Crippen LogP contribution is -2.24. The third kappa shape index (κ3) is 5.64. The first-order valence-electron chi connectivity index (χ1n) is 12.5. The summed E-state index contributed by atoms with van der Waals surface area (Å²) in [6.45, 7) is 2.48. The van der Waals surface area contributed by atoms with Gasteiger partial charge in [-0.1, -0.05) is 11.8 Å². The molecule has 1 aliphatic carbocycles. The molecule has 1 N–H and O–H groups in total. The van der Waals surface area contributed by atoms with Crippen molar-refractivity contribution in [2.24, 2.45) is 5.10 Å². The molecule has 0 fully saturated rings. The molecule has 0 atom stereocenters. The predicted molar refractivity (Wildman–Crippen MR) is 154 cm³/mol. The molecule has 0 unspecified atom stereocenters. The van der Waals surface area contributed by atoms with Crippen molar-refractivity contribution in [2.75, 3.05) is 26.6 Å². The first kappa shape index (κ1) is 26.8. The van der Waals surface area contributed by atoms with Crippen LogP contribution in [0.4, 0.5) is 0 Å². The van der Waals surface area contributed by atoms with Crippen molar-refractivity contribution in [2.45, 2.75) is 31.3 Å². The van der Waals surface area contributed by atoms with Crippen LogP contribution in [0, 0.1) is 0 Å². The van der Waals surface area contributed by atoms with E-state index in [1.165, 1.54) is 22.9 Å². The number of thiophene rings is 1. The molecule has 5 rings (SSSR count). The van der Waals surface area contributed by atoms with Gasteiger partial charge >= 0.3 is 0 Å². The maximum absolute atomic E-state index is 13.8. The third-order valence-electron chi connectivity index (χ3n) is 6.26. The molecule has 39 heavy (non-hydrogen) atoms. The van der Waals surface area contributed by atoms with E-state index in [4.69, 9.17) is 19.2 Å². The number of methoxy groups -OCH3 is 2. The zero-order valence-electron chi connectivity index (χ0n) is 21.9. The third-order valence-corrected chi connectivity index (χ3v) is 8.38. The number of carbonyl (C=O) groups is 1. The lowest BCUT2D eigenvalue weighted by molar-refractivity contribution is -0.118. The van der Waals surface area contributed by atoms with Crippen molar-refractivity contribution in [3.8, 4) is 22.9 Å². The molecule has 1 aliphatic rings. The van der Waals surface area contributed by atoms with Crippen LogP contribution in [0.2, 0.25) is 0 Å². The van der Waals surface area contributed by atoms with Gasteiger partial charge in [0, 0.05) is 4.88 Å². The van der Waals surface area contributed by atoms with Crippen LogP contribution >= 0.6 is 23.1 Å². The highest BCUT2D eigenvalue weighted by molar-refractivity contribution is 7.99. The monoisotopic (exact) mass is 564 g/mol. The lowest BCUT2D eigenvalue weighted by atomic mass is 10.2. The predicted octanol–water partition coefficient (Wildman–Crippen LogP) is 4.59. The zero-order chi connectivity index (χ0) is 27.4. The number of amides is 1. The number of hydrazone groups is 1. The molecule has 1 amide bonds. The van der Waals surface area contributed by atoms with E-state index in [0.717, 1.165) is 41.0 Å². The summed E-state index contributed by atoms with van der Waals surface area (Å²) in [6, 6.07) is 12.7. The number of ether oxygens (including phenoxy) is 3. The van der Waals surface area contributed by atoms with E-state index >= 15 is 0 Å². The van der Waals surface area contributed by atoms with Gasteiger partial charge in [-0.15, -0.1) is 11.3 Å². The van der Waals surface area contributed by atoms with Gasteiger partial charge in [0.15, 0.2) is 16.7 Å². The summed E-state index contributed by atoms with van der Waals surface area (Å²) >= 11 is 2.77. The van der Waals surface area contributed by atoms with Crippen LogP contribution in [0.3, 0.4) is 0 Å².